The lowest BCUT2D eigenvalue weighted by Gasteiger charge is -2.15. The molecule has 0 unspecified atom stereocenters. The number of halogens is 1. The summed E-state index contributed by atoms with van der Waals surface area (Å²) in [6.45, 7) is 2.33. The number of carbonyl (C=O) groups is 1. The van der Waals surface area contributed by atoms with Crippen molar-refractivity contribution in [3.8, 4) is 17.2 Å². The van der Waals surface area contributed by atoms with Gasteiger partial charge in [0.15, 0.2) is 0 Å². The van der Waals surface area contributed by atoms with Crippen LogP contribution in [0.2, 0.25) is 5.02 Å². The van der Waals surface area contributed by atoms with Gasteiger partial charge in [-0.05, 0) is 29.8 Å². The van der Waals surface area contributed by atoms with E-state index in [1.165, 1.54) is 14.2 Å². The molecule has 3 rings (SSSR count). The fourth-order valence-corrected chi connectivity index (χ4v) is 3.05. The molecule has 140 valence electrons. The molecule has 6 heteroatoms. The molecule has 27 heavy (non-hydrogen) atoms. The number of benzene rings is 3. The van der Waals surface area contributed by atoms with E-state index >= 15 is 0 Å². The van der Waals surface area contributed by atoms with Gasteiger partial charge in [-0.2, -0.15) is 0 Å². The van der Waals surface area contributed by atoms with Gasteiger partial charge in [-0.25, -0.2) is 0 Å². The molecule has 3 aromatic rings. The number of amides is 1. The molecule has 0 heterocycles. The van der Waals surface area contributed by atoms with Gasteiger partial charge in [0, 0.05) is 12.1 Å². The third-order valence-electron chi connectivity index (χ3n) is 4.11. The smallest absolute Gasteiger partial charge is 0.259 e. The van der Waals surface area contributed by atoms with E-state index < -0.39 is 0 Å². The first-order chi connectivity index (χ1) is 13.1. The van der Waals surface area contributed by atoms with Crippen LogP contribution in [0, 0.1) is 0 Å². The molecule has 0 spiro atoms. The molecule has 0 radical (unpaired) electrons. The number of hydrogen-bond acceptors (Lipinski definition) is 4. The van der Waals surface area contributed by atoms with E-state index in [0.29, 0.717) is 40.1 Å². The van der Waals surface area contributed by atoms with Gasteiger partial charge in [0.1, 0.15) is 17.2 Å². The monoisotopic (exact) mass is 385 g/mol. The lowest BCUT2D eigenvalue weighted by atomic mass is 10.1. The van der Waals surface area contributed by atoms with Crippen LogP contribution in [0.15, 0.2) is 48.5 Å². The first-order valence-corrected chi connectivity index (χ1v) is 8.83. The molecule has 1 amide bonds. The third-order valence-corrected chi connectivity index (χ3v) is 4.41. The fourth-order valence-electron chi connectivity index (χ4n) is 2.82. The second-order valence-electron chi connectivity index (χ2n) is 5.77. The Kier molecular flexibility index (Phi) is 5.72. The number of nitrogens with one attached hydrogen (secondary N) is 1. The molecule has 3 aromatic carbocycles. The molecule has 1 N–H and O–H groups in total. The van der Waals surface area contributed by atoms with Crippen molar-refractivity contribution in [1.29, 1.82) is 0 Å². The Bertz CT molecular complexity index is 987. The van der Waals surface area contributed by atoms with E-state index in [1.807, 2.05) is 43.3 Å². The van der Waals surface area contributed by atoms with Crippen LogP contribution >= 0.6 is 11.6 Å². The summed E-state index contributed by atoms with van der Waals surface area (Å²) in [4.78, 5) is 13.0. The zero-order valence-corrected chi connectivity index (χ0v) is 16.1. The number of anilines is 1. The van der Waals surface area contributed by atoms with Crippen molar-refractivity contribution in [2.24, 2.45) is 0 Å². The first kappa shape index (κ1) is 18.9. The molecule has 0 aliphatic heterocycles. The average Bonchev–Trinajstić information content (AvgIpc) is 2.68. The van der Waals surface area contributed by atoms with Crippen molar-refractivity contribution in [2.75, 3.05) is 26.1 Å². The van der Waals surface area contributed by atoms with Gasteiger partial charge >= 0.3 is 0 Å². The summed E-state index contributed by atoms with van der Waals surface area (Å²) in [6.07, 6.45) is 0. The Morgan fingerprint density at radius 3 is 2.26 bits per heavy atom. The summed E-state index contributed by atoms with van der Waals surface area (Å²) in [7, 11) is 3.02. The van der Waals surface area contributed by atoms with Crippen LogP contribution in [0.4, 0.5) is 5.69 Å². The molecule has 5 nitrogen and oxygen atoms in total. The molecular formula is C21H20ClNO4. The summed E-state index contributed by atoms with van der Waals surface area (Å²) in [5, 5.41) is 5.21. The van der Waals surface area contributed by atoms with Crippen molar-refractivity contribution < 1.29 is 19.0 Å². The van der Waals surface area contributed by atoms with E-state index in [2.05, 4.69) is 5.32 Å². The van der Waals surface area contributed by atoms with Gasteiger partial charge < -0.3 is 19.5 Å². The zero-order valence-electron chi connectivity index (χ0n) is 15.3. The molecule has 0 aromatic heterocycles. The lowest BCUT2D eigenvalue weighted by Crippen LogP contribution is -2.14. The third kappa shape index (κ3) is 3.93. The Labute approximate surface area is 162 Å². The second kappa shape index (κ2) is 8.18. The number of carbonyl (C=O) groups excluding carboxylic acids is 1. The minimum Gasteiger partial charge on any atom is -0.495 e. The van der Waals surface area contributed by atoms with Crippen molar-refractivity contribution in [1.82, 2.24) is 0 Å². The highest BCUT2D eigenvalue weighted by molar-refractivity contribution is 6.32. The van der Waals surface area contributed by atoms with Gasteiger partial charge in [0.2, 0.25) is 0 Å². The van der Waals surface area contributed by atoms with Crippen LogP contribution in [0.5, 0.6) is 17.2 Å². The zero-order chi connectivity index (χ0) is 19.4. The van der Waals surface area contributed by atoms with Crippen LogP contribution < -0.4 is 19.5 Å². The highest BCUT2D eigenvalue weighted by Gasteiger charge is 2.18. The van der Waals surface area contributed by atoms with Crippen molar-refractivity contribution in [2.45, 2.75) is 6.92 Å². The van der Waals surface area contributed by atoms with Gasteiger partial charge in [-0.15, -0.1) is 0 Å². The van der Waals surface area contributed by atoms with Gasteiger partial charge in [-0.1, -0.05) is 35.9 Å². The van der Waals surface area contributed by atoms with Crippen LogP contribution in [0.25, 0.3) is 10.8 Å². The minimum absolute atomic E-state index is 0.313. The first-order valence-electron chi connectivity index (χ1n) is 8.45. The fraction of sp³-hybridized carbons (Fsp3) is 0.190. The van der Waals surface area contributed by atoms with Crippen molar-refractivity contribution in [3.63, 3.8) is 0 Å². The number of rotatable bonds is 6. The van der Waals surface area contributed by atoms with Crippen LogP contribution in [0.1, 0.15) is 17.3 Å². The maximum absolute atomic E-state index is 13.0. The van der Waals surface area contributed by atoms with Crippen molar-refractivity contribution >= 4 is 34.0 Å². The second-order valence-corrected chi connectivity index (χ2v) is 6.18. The Morgan fingerprint density at radius 2 is 1.63 bits per heavy atom. The quantitative estimate of drug-likeness (QED) is 0.636. The molecule has 0 atom stereocenters. The predicted octanol–water partition coefficient (Wildman–Crippen LogP) is 5.16. The summed E-state index contributed by atoms with van der Waals surface area (Å²) in [5.74, 6) is 1.09. The van der Waals surface area contributed by atoms with E-state index in [4.69, 9.17) is 25.8 Å². The van der Waals surface area contributed by atoms with E-state index in [-0.39, 0.29) is 5.91 Å². The summed E-state index contributed by atoms with van der Waals surface area (Å²) >= 11 is 6.13. The highest BCUT2D eigenvalue weighted by atomic mass is 35.5. The molecule has 0 fully saturated rings. The van der Waals surface area contributed by atoms with Gasteiger partial charge in [-0.3, -0.25) is 4.79 Å². The van der Waals surface area contributed by atoms with Crippen molar-refractivity contribution in [3.05, 3.63) is 59.1 Å². The Morgan fingerprint density at radius 1 is 0.963 bits per heavy atom. The number of ether oxygens (including phenoxy) is 3. The van der Waals surface area contributed by atoms with E-state index in [0.717, 1.165) is 10.8 Å². The van der Waals surface area contributed by atoms with E-state index in [9.17, 15) is 4.79 Å². The lowest BCUT2D eigenvalue weighted by molar-refractivity contribution is 0.102. The molecule has 0 aliphatic rings. The summed E-state index contributed by atoms with van der Waals surface area (Å²) in [6, 6.07) is 14.7. The van der Waals surface area contributed by atoms with Gasteiger partial charge in [0.05, 0.1) is 37.1 Å². The van der Waals surface area contributed by atoms with Crippen LogP contribution in [0.3, 0.4) is 0 Å². The SMILES string of the molecule is CCOc1cc2ccccc2cc1C(=O)Nc1cc(OC)c(Cl)cc1OC. The largest absolute Gasteiger partial charge is 0.495 e. The normalized spacial score (nSPS) is 10.5. The Balaban J connectivity index is 2.02. The molecule has 0 saturated carbocycles. The topological polar surface area (TPSA) is 56.8 Å². The number of methoxy groups -OCH3 is 2. The maximum atomic E-state index is 13.0. The Hall–Kier alpha value is -2.92. The van der Waals surface area contributed by atoms with Crippen LogP contribution in [-0.4, -0.2) is 26.7 Å². The predicted molar refractivity (Wildman–Crippen MR) is 108 cm³/mol. The molecule has 0 bridgehead atoms. The highest BCUT2D eigenvalue weighted by Crippen LogP contribution is 2.36. The number of fused-ring (bicyclic) bond motifs is 1. The minimum atomic E-state index is -0.313. The maximum Gasteiger partial charge on any atom is 0.259 e. The standard InChI is InChI=1S/C21H20ClNO4/c1-4-27-18-10-14-8-6-5-7-13(14)9-15(18)21(24)23-17-12-19(25-2)16(22)11-20(17)26-3/h5-12H,4H2,1-3H3,(H,23,24). The summed E-state index contributed by atoms with van der Waals surface area (Å²) in [5.41, 5.74) is 0.894. The average molecular weight is 386 g/mol. The number of hydrogen-bond donors (Lipinski definition) is 1. The molecular weight excluding hydrogens is 366 g/mol. The summed E-state index contributed by atoms with van der Waals surface area (Å²) < 4.78 is 16.2. The van der Waals surface area contributed by atoms with Gasteiger partial charge in [0.25, 0.3) is 5.91 Å². The molecule has 0 saturated heterocycles. The van der Waals surface area contributed by atoms with E-state index in [1.54, 1.807) is 12.1 Å². The molecule has 0 aliphatic carbocycles. The van der Waals surface area contributed by atoms with Crippen LogP contribution in [-0.2, 0) is 0 Å².